The first kappa shape index (κ1) is 20.7. The van der Waals surface area contributed by atoms with Gasteiger partial charge in [0.2, 0.25) is 0 Å². The summed E-state index contributed by atoms with van der Waals surface area (Å²) in [4.78, 5) is 18.3. The first-order valence-corrected chi connectivity index (χ1v) is 11.5. The monoisotopic (exact) mass is 446 g/mol. The number of carboxylic acids is 1. The van der Waals surface area contributed by atoms with E-state index in [1.807, 2.05) is 48.8 Å². The number of rotatable bonds is 5. The number of benzene rings is 1. The predicted octanol–water partition coefficient (Wildman–Crippen LogP) is 4.88. The normalized spacial score (nSPS) is 21.5. The number of aromatic nitrogens is 2. The van der Waals surface area contributed by atoms with E-state index in [9.17, 15) is 9.90 Å². The van der Waals surface area contributed by atoms with Gasteiger partial charge in [0.05, 0.1) is 23.3 Å². The average Bonchev–Trinajstić information content (AvgIpc) is 3.44. The summed E-state index contributed by atoms with van der Waals surface area (Å²) in [6.07, 6.45) is 9.86. The molecule has 0 bridgehead atoms. The lowest BCUT2D eigenvalue weighted by Gasteiger charge is -2.37. The molecule has 1 aliphatic carbocycles. The lowest BCUT2D eigenvalue weighted by Crippen LogP contribution is -2.40. The number of nitrogens with one attached hydrogen (secondary N) is 1. The molecule has 2 aromatic heterocycles. The highest BCUT2D eigenvalue weighted by atomic mass is 32.1. The van der Waals surface area contributed by atoms with E-state index < -0.39 is 5.97 Å². The second kappa shape index (κ2) is 8.74. The molecular weight excluding hydrogens is 420 g/mol. The van der Waals surface area contributed by atoms with Crippen LogP contribution in [-0.4, -0.2) is 36.7 Å². The Morgan fingerprint density at radius 3 is 2.50 bits per heavy atom. The smallest absolute Gasteiger partial charge is 0.335 e. The molecule has 2 atom stereocenters. The second-order valence-electron chi connectivity index (χ2n) is 8.48. The molecule has 1 aromatic carbocycles. The highest BCUT2D eigenvalue weighted by Crippen LogP contribution is 2.43. The summed E-state index contributed by atoms with van der Waals surface area (Å²) < 4.78 is 2.14. The maximum Gasteiger partial charge on any atom is 0.335 e. The van der Waals surface area contributed by atoms with Crippen molar-refractivity contribution in [1.29, 1.82) is 0 Å². The molecule has 2 aliphatic rings. The molecule has 6 nitrogen and oxygen atoms in total. The number of hydrogen-bond donors (Lipinski definition) is 2. The second-order valence-corrected chi connectivity index (χ2v) is 8.87. The molecule has 0 spiro atoms. The molecule has 1 aliphatic heterocycles. The molecule has 32 heavy (non-hydrogen) atoms. The van der Waals surface area contributed by atoms with E-state index in [-0.39, 0.29) is 17.6 Å². The fourth-order valence-corrected chi connectivity index (χ4v) is 5.46. The van der Waals surface area contributed by atoms with Crippen LogP contribution >= 0.6 is 12.2 Å². The molecule has 0 amide bonds. The van der Waals surface area contributed by atoms with Crippen molar-refractivity contribution in [3.8, 4) is 5.69 Å². The molecular formula is C25H26N4O2S. The van der Waals surface area contributed by atoms with Gasteiger partial charge < -0.3 is 19.9 Å². The summed E-state index contributed by atoms with van der Waals surface area (Å²) in [5, 5.41) is 13.6. The van der Waals surface area contributed by atoms with Crippen molar-refractivity contribution in [2.45, 2.75) is 50.2 Å². The topological polar surface area (TPSA) is 70.4 Å². The summed E-state index contributed by atoms with van der Waals surface area (Å²) in [5.74, 6) is -0.923. The Labute approximate surface area is 192 Å². The van der Waals surface area contributed by atoms with Crippen molar-refractivity contribution in [1.82, 2.24) is 19.8 Å². The standard InChI is InChI=1S/C25H26N4O2S/c30-24(31)17-11-13-18(14-12-17)28-16-6-10-21(28)23-22(20-9-4-5-15-26-20)27-25(32)29(23)19-7-2-1-3-8-19/h4-6,9-16,19,22-23H,1-3,7-8H2,(H,27,32)(H,30,31)/t22-,23-/m0/s1. The highest BCUT2D eigenvalue weighted by molar-refractivity contribution is 7.80. The molecule has 1 saturated heterocycles. The van der Waals surface area contributed by atoms with Crippen molar-refractivity contribution in [3.05, 3.63) is 83.9 Å². The Morgan fingerprint density at radius 1 is 1.03 bits per heavy atom. The summed E-state index contributed by atoms with van der Waals surface area (Å²) in [6, 6.07) is 17.5. The van der Waals surface area contributed by atoms with Crippen molar-refractivity contribution < 1.29 is 9.90 Å². The zero-order valence-corrected chi connectivity index (χ0v) is 18.5. The van der Waals surface area contributed by atoms with Gasteiger partial charge in [0.15, 0.2) is 5.11 Å². The van der Waals surface area contributed by atoms with E-state index in [1.54, 1.807) is 12.1 Å². The Bertz CT molecular complexity index is 1110. The van der Waals surface area contributed by atoms with Crippen molar-refractivity contribution in [3.63, 3.8) is 0 Å². The number of carboxylic acid groups (broad SMARTS) is 1. The van der Waals surface area contributed by atoms with Crippen LogP contribution in [0, 0.1) is 0 Å². The fraction of sp³-hybridized carbons (Fsp3) is 0.320. The van der Waals surface area contributed by atoms with Gasteiger partial charge >= 0.3 is 5.97 Å². The van der Waals surface area contributed by atoms with Crippen molar-refractivity contribution in [2.24, 2.45) is 0 Å². The third-order valence-electron chi connectivity index (χ3n) is 6.58. The number of nitrogens with zero attached hydrogens (tertiary/aromatic N) is 3. The molecule has 0 radical (unpaired) electrons. The molecule has 0 unspecified atom stereocenters. The maximum atomic E-state index is 11.3. The van der Waals surface area contributed by atoms with Gasteiger partial charge in [-0.15, -0.1) is 0 Å². The number of pyridine rings is 1. The SMILES string of the molecule is O=C(O)c1ccc(-n2cccc2[C@H]2[C@H](c3ccccn3)NC(=S)N2C2CCCCC2)cc1. The van der Waals surface area contributed by atoms with Crippen LogP contribution in [-0.2, 0) is 0 Å². The summed E-state index contributed by atoms with van der Waals surface area (Å²) >= 11 is 5.87. The minimum atomic E-state index is -0.923. The molecule has 1 saturated carbocycles. The molecule has 3 heterocycles. The minimum Gasteiger partial charge on any atom is -0.478 e. The minimum absolute atomic E-state index is 0.00495. The first-order chi connectivity index (χ1) is 15.6. The van der Waals surface area contributed by atoms with Crippen LogP contribution in [0.15, 0.2) is 67.0 Å². The van der Waals surface area contributed by atoms with Gasteiger partial charge in [0.25, 0.3) is 0 Å². The fourth-order valence-electron chi connectivity index (χ4n) is 5.07. The average molecular weight is 447 g/mol. The molecule has 3 aromatic rings. The zero-order chi connectivity index (χ0) is 22.1. The Kier molecular flexibility index (Phi) is 5.66. The van der Waals surface area contributed by atoms with E-state index >= 15 is 0 Å². The maximum absolute atomic E-state index is 11.3. The van der Waals surface area contributed by atoms with Crippen LogP contribution in [0.4, 0.5) is 0 Å². The number of thiocarbonyl (C=S) groups is 1. The van der Waals surface area contributed by atoms with Gasteiger partial charge in [-0.1, -0.05) is 25.3 Å². The third-order valence-corrected chi connectivity index (χ3v) is 6.91. The predicted molar refractivity (Wildman–Crippen MR) is 127 cm³/mol. The van der Waals surface area contributed by atoms with Crippen molar-refractivity contribution in [2.75, 3.05) is 0 Å². The molecule has 5 rings (SSSR count). The Balaban J connectivity index is 1.58. The Morgan fingerprint density at radius 2 is 1.81 bits per heavy atom. The van der Waals surface area contributed by atoms with Crippen LogP contribution < -0.4 is 5.32 Å². The van der Waals surface area contributed by atoms with Gasteiger partial charge in [0, 0.05) is 29.8 Å². The van der Waals surface area contributed by atoms with E-state index in [1.165, 1.54) is 19.3 Å². The molecule has 164 valence electrons. The molecule has 7 heteroatoms. The van der Waals surface area contributed by atoms with Crippen molar-refractivity contribution >= 4 is 23.3 Å². The van der Waals surface area contributed by atoms with E-state index in [4.69, 9.17) is 12.2 Å². The summed E-state index contributed by atoms with van der Waals surface area (Å²) in [6.45, 7) is 0. The van der Waals surface area contributed by atoms with E-state index in [0.29, 0.717) is 6.04 Å². The van der Waals surface area contributed by atoms with Crippen LogP contribution in [0.1, 0.15) is 65.9 Å². The quantitative estimate of drug-likeness (QED) is 0.545. The number of aromatic carboxylic acids is 1. The van der Waals surface area contributed by atoms with Crippen LogP contribution in [0.2, 0.25) is 0 Å². The first-order valence-electron chi connectivity index (χ1n) is 11.1. The highest BCUT2D eigenvalue weighted by Gasteiger charge is 2.44. The van der Waals surface area contributed by atoms with Gasteiger partial charge in [-0.3, -0.25) is 4.98 Å². The molecule has 2 fully saturated rings. The number of carbonyl (C=O) groups is 1. The zero-order valence-electron chi connectivity index (χ0n) is 17.7. The van der Waals surface area contributed by atoms with Crippen LogP contribution in [0.25, 0.3) is 5.69 Å². The Hall–Kier alpha value is -3.19. The van der Waals surface area contributed by atoms with Gasteiger partial charge in [-0.2, -0.15) is 0 Å². The van der Waals surface area contributed by atoms with Gasteiger partial charge in [-0.05, 0) is 73.6 Å². The summed E-state index contributed by atoms with van der Waals surface area (Å²) in [7, 11) is 0. The van der Waals surface area contributed by atoms with Gasteiger partial charge in [-0.25, -0.2) is 4.79 Å². The van der Waals surface area contributed by atoms with E-state index in [2.05, 4.69) is 25.8 Å². The van der Waals surface area contributed by atoms with E-state index in [0.717, 1.165) is 35.0 Å². The summed E-state index contributed by atoms with van der Waals surface area (Å²) in [5.41, 5.74) is 3.28. The van der Waals surface area contributed by atoms with Gasteiger partial charge in [0.1, 0.15) is 0 Å². The van der Waals surface area contributed by atoms with Crippen LogP contribution in [0.5, 0.6) is 0 Å². The largest absolute Gasteiger partial charge is 0.478 e. The lowest BCUT2D eigenvalue weighted by molar-refractivity contribution is 0.0697. The van der Waals surface area contributed by atoms with Crippen LogP contribution in [0.3, 0.4) is 0 Å². The third kappa shape index (κ3) is 3.77. The lowest BCUT2D eigenvalue weighted by atomic mass is 9.92. The number of hydrogen-bond acceptors (Lipinski definition) is 3. The molecule has 2 N–H and O–H groups in total.